The predicted octanol–water partition coefficient (Wildman–Crippen LogP) is 4.37. The number of nitrogens with zero attached hydrogens (tertiary/aromatic N) is 3. The van der Waals surface area contributed by atoms with Crippen LogP contribution in [0, 0.1) is 5.41 Å². The number of benzene rings is 1. The topological polar surface area (TPSA) is 85.8 Å². The molecule has 2 aromatic rings. The second-order valence-electron chi connectivity index (χ2n) is 10.1. The smallest absolute Gasteiger partial charge is 0.336 e. The van der Waals surface area contributed by atoms with E-state index in [9.17, 15) is 14.7 Å². The fourth-order valence-electron chi connectivity index (χ4n) is 4.69. The Kier molecular flexibility index (Phi) is 6.38. The second kappa shape index (κ2) is 9.06. The molecule has 2 aliphatic rings. The lowest BCUT2D eigenvalue weighted by atomic mass is 9.95. The van der Waals surface area contributed by atoms with Gasteiger partial charge in [-0.25, -0.2) is 9.78 Å². The summed E-state index contributed by atoms with van der Waals surface area (Å²) in [6.45, 7) is 9.71. The number of hydrogen-bond donors (Lipinski definition) is 2. The lowest BCUT2D eigenvalue weighted by Crippen LogP contribution is -2.47. The van der Waals surface area contributed by atoms with Crippen molar-refractivity contribution in [3.8, 4) is 0 Å². The molecule has 4 rings (SSSR count). The highest BCUT2D eigenvalue weighted by molar-refractivity contribution is 6.05. The van der Waals surface area contributed by atoms with E-state index in [1.54, 1.807) is 24.3 Å². The number of carbonyl (C=O) groups excluding carboxylic acids is 1. The van der Waals surface area contributed by atoms with Gasteiger partial charge in [0.05, 0.1) is 11.1 Å². The van der Waals surface area contributed by atoms with E-state index in [1.807, 2.05) is 20.8 Å². The molecule has 2 fully saturated rings. The number of aromatic nitrogens is 1. The first kappa shape index (κ1) is 22.5. The summed E-state index contributed by atoms with van der Waals surface area (Å²) < 4.78 is 0. The monoisotopic (exact) mass is 438 g/mol. The molecule has 0 radical (unpaired) electrons. The van der Waals surface area contributed by atoms with E-state index in [4.69, 9.17) is 4.98 Å². The third-order valence-corrected chi connectivity index (χ3v) is 6.66. The van der Waals surface area contributed by atoms with E-state index in [0.717, 1.165) is 31.7 Å². The molecule has 7 nitrogen and oxygen atoms in total. The number of carboxylic acids is 1. The summed E-state index contributed by atoms with van der Waals surface area (Å²) in [5.74, 6) is -0.380. The first-order chi connectivity index (χ1) is 15.2. The molecule has 2 saturated heterocycles. The third-order valence-electron chi connectivity index (χ3n) is 6.66. The Morgan fingerprint density at radius 2 is 1.72 bits per heavy atom. The summed E-state index contributed by atoms with van der Waals surface area (Å²) in [6.07, 6.45) is 6.11. The highest BCUT2D eigenvalue weighted by Crippen LogP contribution is 2.29. The van der Waals surface area contributed by atoms with Crippen LogP contribution in [0.3, 0.4) is 0 Å². The molecule has 1 aromatic carbocycles. The van der Waals surface area contributed by atoms with Crippen molar-refractivity contribution < 1.29 is 14.7 Å². The van der Waals surface area contributed by atoms with Crippen LogP contribution in [0.2, 0.25) is 0 Å². The van der Waals surface area contributed by atoms with Gasteiger partial charge in [0.1, 0.15) is 5.82 Å². The van der Waals surface area contributed by atoms with Crippen molar-refractivity contribution in [3.63, 3.8) is 0 Å². The average Bonchev–Trinajstić information content (AvgIpc) is 2.78. The summed E-state index contributed by atoms with van der Waals surface area (Å²) in [5, 5.41) is 13.3. The Hall–Kier alpha value is -2.67. The zero-order valence-electron chi connectivity index (χ0n) is 19.4. The third kappa shape index (κ3) is 4.88. The van der Waals surface area contributed by atoms with Crippen LogP contribution in [0.25, 0.3) is 10.9 Å². The number of carbonyl (C=O) groups is 2. The van der Waals surface area contributed by atoms with E-state index in [2.05, 4.69) is 15.1 Å². The van der Waals surface area contributed by atoms with E-state index in [-0.39, 0.29) is 11.5 Å². The van der Waals surface area contributed by atoms with Gasteiger partial charge >= 0.3 is 5.97 Å². The molecule has 3 heterocycles. The number of aromatic carboxylic acids is 1. The molecule has 7 heteroatoms. The van der Waals surface area contributed by atoms with Crippen LogP contribution >= 0.6 is 0 Å². The van der Waals surface area contributed by atoms with Crippen molar-refractivity contribution in [2.75, 3.05) is 36.4 Å². The fourth-order valence-corrected chi connectivity index (χ4v) is 4.69. The van der Waals surface area contributed by atoms with Gasteiger partial charge in [0, 0.05) is 35.6 Å². The summed E-state index contributed by atoms with van der Waals surface area (Å²) in [5.41, 5.74) is 0.895. The minimum atomic E-state index is -0.985. The largest absolute Gasteiger partial charge is 0.478 e. The number of anilines is 2. The van der Waals surface area contributed by atoms with Crippen LogP contribution in [0.4, 0.5) is 11.5 Å². The summed E-state index contributed by atoms with van der Waals surface area (Å²) >= 11 is 0. The molecular formula is C25H34N4O3. The first-order valence-corrected chi connectivity index (χ1v) is 11.7. The molecule has 172 valence electrons. The summed E-state index contributed by atoms with van der Waals surface area (Å²) in [6, 6.07) is 7.60. The van der Waals surface area contributed by atoms with Crippen molar-refractivity contribution in [1.29, 1.82) is 0 Å². The SMILES string of the molecule is CC(C)(C)C(=O)Nc1ccc2nc(N3CCC(N4CCCCC4)CC3)cc(C(=O)O)c2c1. The highest BCUT2D eigenvalue weighted by atomic mass is 16.4. The number of piperidine rings is 2. The van der Waals surface area contributed by atoms with Gasteiger partial charge in [0.15, 0.2) is 0 Å². The zero-order chi connectivity index (χ0) is 22.9. The van der Waals surface area contributed by atoms with Crippen molar-refractivity contribution in [3.05, 3.63) is 29.8 Å². The summed E-state index contributed by atoms with van der Waals surface area (Å²) in [4.78, 5) is 34.0. The number of carboxylic acid groups (broad SMARTS) is 1. The van der Waals surface area contributed by atoms with Gasteiger partial charge in [0.25, 0.3) is 0 Å². The molecule has 0 bridgehead atoms. The highest BCUT2D eigenvalue weighted by Gasteiger charge is 2.27. The second-order valence-corrected chi connectivity index (χ2v) is 10.1. The van der Waals surface area contributed by atoms with E-state index in [0.29, 0.717) is 22.6 Å². The number of amides is 1. The Bertz CT molecular complexity index is 1000. The van der Waals surface area contributed by atoms with Crippen molar-refractivity contribution in [2.45, 2.75) is 58.9 Å². The molecule has 2 N–H and O–H groups in total. The molecule has 2 aliphatic heterocycles. The fraction of sp³-hybridized carbons (Fsp3) is 0.560. The van der Waals surface area contributed by atoms with E-state index >= 15 is 0 Å². The lowest BCUT2D eigenvalue weighted by Gasteiger charge is -2.40. The Labute approximate surface area is 189 Å². The van der Waals surface area contributed by atoms with E-state index < -0.39 is 11.4 Å². The van der Waals surface area contributed by atoms with Crippen LogP contribution in [-0.4, -0.2) is 59.1 Å². The van der Waals surface area contributed by atoms with Gasteiger partial charge < -0.3 is 20.2 Å². The van der Waals surface area contributed by atoms with Crippen molar-refractivity contribution in [1.82, 2.24) is 9.88 Å². The van der Waals surface area contributed by atoms with E-state index in [1.165, 1.54) is 32.4 Å². The maximum atomic E-state index is 12.3. The predicted molar refractivity (Wildman–Crippen MR) is 127 cm³/mol. The lowest BCUT2D eigenvalue weighted by molar-refractivity contribution is -0.123. The average molecular weight is 439 g/mol. The molecule has 0 atom stereocenters. The van der Waals surface area contributed by atoms with Gasteiger partial charge in [-0.2, -0.15) is 0 Å². The Morgan fingerprint density at radius 3 is 2.34 bits per heavy atom. The molecule has 1 aromatic heterocycles. The van der Waals surface area contributed by atoms with Crippen LogP contribution in [0.5, 0.6) is 0 Å². The standard InChI is InChI=1S/C25H34N4O3/c1-25(2,3)24(32)26-17-7-8-21-19(15-17)20(23(30)31)16-22(27-21)29-13-9-18(10-14-29)28-11-5-4-6-12-28/h7-8,15-16,18H,4-6,9-14H2,1-3H3,(H,26,32)(H,30,31). The molecule has 1 amide bonds. The zero-order valence-corrected chi connectivity index (χ0v) is 19.4. The minimum Gasteiger partial charge on any atom is -0.478 e. The van der Waals surface area contributed by atoms with Crippen LogP contribution in [0.15, 0.2) is 24.3 Å². The number of fused-ring (bicyclic) bond motifs is 1. The van der Waals surface area contributed by atoms with Crippen molar-refractivity contribution in [2.24, 2.45) is 5.41 Å². The Balaban J connectivity index is 1.55. The van der Waals surface area contributed by atoms with Gasteiger partial charge in [-0.1, -0.05) is 27.2 Å². The van der Waals surface area contributed by atoms with Gasteiger partial charge in [0.2, 0.25) is 5.91 Å². The van der Waals surface area contributed by atoms with Crippen LogP contribution in [0.1, 0.15) is 63.2 Å². The normalized spacial score (nSPS) is 18.7. The molecule has 0 saturated carbocycles. The summed E-state index contributed by atoms with van der Waals surface area (Å²) in [7, 11) is 0. The van der Waals surface area contributed by atoms with Gasteiger partial charge in [-0.05, 0) is 63.0 Å². The molecule has 0 aliphatic carbocycles. The van der Waals surface area contributed by atoms with Gasteiger partial charge in [-0.3, -0.25) is 4.79 Å². The number of nitrogens with one attached hydrogen (secondary N) is 1. The molecule has 32 heavy (non-hydrogen) atoms. The molecule has 0 unspecified atom stereocenters. The van der Waals surface area contributed by atoms with Crippen LogP contribution in [-0.2, 0) is 4.79 Å². The Morgan fingerprint density at radius 1 is 1.03 bits per heavy atom. The molecule has 0 spiro atoms. The number of hydrogen-bond acceptors (Lipinski definition) is 5. The first-order valence-electron chi connectivity index (χ1n) is 11.7. The quantitative estimate of drug-likeness (QED) is 0.737. The number of likely N-dealkylation sites (tertiary alicyclic amines) is 1. The maximum absolute atomic E-state index is 12.3. The van der Waals surface area contributed by atoms with Crippen LogP contribution < -0.4 is 10.2 Å². The molecular weight excluding hydrogens is 404 g/mol. The number of pyridine rings is 1. The maximum Gasteiger partial charge on any atom is 0.336 e. The number of rotatable bonds is 4. The van der Waals surface area contributed by atoms with Crippen molar-refractivity contribution >= 4 is 34.3 Å². The minimum absolute atomic E-state index is 0.116. The van der Waals surface area contributed by atoms with Gasteiger partial charge in [-0.15, -0.1) is 0 Å².